The Kier molecular flexibility index (Phi) is 3.45. The number of hydrogen-bond donors (Lipinski definition) is 0. The van der Waals surface area contributed by atoms with Gasteiger partial charge in [-0.2, -0.15) is 0 Å². The van der Waals surface area contributed by atoms with Crippen LogP contribution in [0.4, 0.5) is 0 Å². The average molecular weight is 292 g/mol. The van der Waals surface area contributed by atoms with Gasteiger partial charge in [-0.1, -0.05) is 42.5 Å². The molecule has 2 aliphatic rings. The number of allylic oxidation sites excluding steroid dienone is 2. The summed E-state index contributed by atoms with van der Waals surface area (Å²) in [6.07, 6.45) is 9.39. The van der Waals surface area contributed by atoms with Crippen molar-refractivity contribution in [1.29, 1.82) is 0 Å². The molecule has 112 valence electrons. The maximum atomic E-state index is 11.5. The molecular formula is C20H20O2. The molecule has 0 radical (unpaired) electrons. The van der Waals surface area contributed by atoms with E-state index in [-0.39, 0.29) is 0 Å². The topological polar surface area (TPSA) is 26.3 Å². The van der Waals surface area contributed by atoms with Gasteiger partial charge in [0.05, 0.1) is 12.2 Å². The number of hydrogen-bond acceptors (Lipinski definition) is 2. The van der Waals surface area contributed by atoms with Gasteiger partial charge in [0.2, 0.25) is 0 Å². The highest BCUT2D eigenvalue weighted by Gasteiger charge is 2.35. The van der Waals surface area contributed by atoms with E-state index in [1.165, 1.54) is 12.8 Å². The van der Waals surface area contributed by atoms with E-state index in [0.717, 1.165) is 41.2 Å². The summed E-state index contributed by atoms with van der Waals surface area (Å²) < 4.78 is 5.95. The molecule has 2 aliphatic carbocycles. The van der Waals surface area contributed by atoms with Crippen LogP contribution < -0.4 is 4.74 Å². The predicted octanol–water partition coefficient (Wildman–Crippen LogP) is 4.63. The third-order valence-corrected chi connectivity index (χ3v) is 5.21. The van der Waals surface area contributed by atoms with Crippen LogP contribution in [0.3, 0.4) is 0 Å². The quantitative estimate of drug-likeness (QED) is 0.593. The Morgan fingerprint density at radius 2 is 2.00 bits per heavy atom. The molecule has 0 saturated heterocycles. The Balaban J connectivity index is 1.47. The Morgan fingerprint density at radius 3 is 2.77 bits per heavy atom. The number of aldehydes is 1. The normalized spacial score (nSPS) is 25.7. The molecule has 2 aromatic carbocycles. The summed E-state index contributed by atoms with van der Waals surface area (Å²) in [6, 6.07) is 11.9. The fraction of sp³-hybridized carbons (Fsp3) is 0.350. The second kappa shape index (κ2) is 5.60. The molecule has 22 heavy (non-hydrogen) atoms. The van der Waals surface area contributed by atoms with Crippen LogP contribution in [0.15, 0.2) is 48.6 Å². The van der Waals surface area contributed by atoms with Crippen LogP contribution in [0.1, 0.15) is 29.6 Å². The zero-order valence-electron chi connectivity index (χ0n) is 12.6. The largest absolute Gasteiger partial charge is 0.493 e. The van der Waals surface area contributed by atoms with Gasteiger partial charge >= 0.3 is 0 Å². The van der Waals surface area contributed by atoms with Gasteiger partial charge in [0.1, 0.15) is 5.75 Å². The van der Waals surface area contributed by atoms with Crippen LogP contribution in [0.25, 0.3) is 10.8 Å². The zero-order valence-corrected chi connectivity index (χ0v) is 12.6. The molecule has 0 heterocycles. The van der Waals surface area contributed by atoms with Gasteiger partial charge in [0.25, 0.3) is 0 Å². The van der Waals surface area contributed by atoms with E-state index in [1.54, 1.807) is 0 Å². The Hall–Kier alpha value is -2.09. The first-order valence-electron chi connectivity index (χ1n) is 8.13. The molecule has 2 heteroatoms. The molecular weight excluding hydrogens is 272 g/mol. The standard InChI is InChI=1S/C20H20O2/c21-13-19-18-4-2-1-3-15(18)7-8-20(19)22-10-9-17-12-14-5-6-16(17)11-14/h1-8,13-14,16-17H,9-12H2. The van der Waals surface area contributed by atoms with Crippen molar-refractivity contribution in [3.63, 3.8) is 0 Å². The third kappa shape index (κ3) is 2.33. The molecule has 0 aliphatic heterocycles. The summed E-state index contributed by atoms with van der Waals surface area (Å²) in [5.41, 5.74) is 0.672. The van der Waals surface area contributed by atoms with Crippen LogP contribution in [-0.2, 0) is 0 Å². The molecule has 4 rings (SSSR count). The van der Waals surface area contributed by atoms with Crippen molar-refractivity contribution in [2.24, 2.45) is 17.8 Å². The summed E-state index contributed by atoms with van der Waals surface area (Å²) in [5, 5.41) is 2.05. The first kappa shape index (κ1) is 13.6. The van der Waals surface area contributed by atoms with Crippen molar-refractivity contribution in [2.45, 2.75) is 19.3 Å². The lowest BCUT2D eigenvalue weighted by Crippen LogP contribution is -2.12. The summed E-state index contributed by atoms with van der Waals surface area (Å²) in [6.45, 7) is 0.695. The lowest BCUT2D eigenvalue weighted by atomic mass is 9.91. The van der Waals surface area contributed by atoms with Gasteiger partial charge in [-0.3, -0.25) is 4.79 Å². The van der Waals surface area contributed by atoms with E-state index >= 15 is 0 Å². The first-order chi connectivity index (χ1) is 10.8. The highest BCUT2D eigenvalue weighted by atomic mass is 16.5. The smallest absolute Gasteiger partial charge is 0.154 e. The van der Waals surface area contributed by atoms with E-state index in [2.05, 4.69) is 12.2 Å². The fourth-order valence-electron chi connectivity index (χ4n) is 4.07. The fourth-order valence-corrected chi connectivity index (χ4v) is 4.07. The van der Waals surface area contributed by atoms with E-state index in [0.29, 0.717) is 17.9 Å². The lowest BCUT2D eigenvalue weighted by Gasteiger charge is -2.18. The number of benzene rings is 2. The SMILES string of the molecule is O=Cc1c(OCCC2CC3C=CC2C3)ccc2ccccc12. The van der Waals surface area contributed by atoms with Crippen molar-refractivity contribution >= 4 is 17.1 Å². The molecule has 3 unspecified atom stereocenters. The van der Waals surface area contributed by atoms with Crippen LogP contribution in [-0.4, -0.2) is 12.9 Å². The van der Waals surface area contributed by atoms with Crippen LogP contribution in [0, 0.1) is 17.8 Å². The van der Waals surface area contributed by atoms with Crippen molar-refractivity contribution in [2.75, 3.05) is 6.61 Å². The maximum Gasteiger partial charge on any atom is 0.154 e. The average Bonchev–Trinajstić information content (AvgIpc) is 3.17. The number of rotatable bonds is 5. The molecule has 0 amide bonds. The molecule has 2 bridgehead atoms. The molecule has 2 nitrogen and oxygen atoms in total. The maximum absolute atomic E-state index is 11.5. The first-order valence-corrected chi connectivity index (χ1v) is 8.13. The van der Waals surface area contributed by atoms with Gasteiger partial charge < -0.3 is 4.74 Å². The van der Waals surface area contributed by atoms with Crippen LogP contribution >= 0.6 is 0 Å². The van der Waals surface area contributed by atoms with Gasteiger partial charge in [-0.25, -0.2) is 0 Å². The van der Waals surface area contributed by atoms with Crippen LogP contribution in [0.5, 0.6) is 5.75 Å². The third-order valence-electron chi connectivity index (χ3n) is 5.21. The van der Waals surface area contributed by atoms with E-state index < -0.39 is 0 Å². The summed E-state index contributed by atoms with van der Waals surface area (Å²) >= 11 is 0. The molecule has 1 saturated carbocycles. The van der Waals surface area contributed by atoms with Crippen molar-refractivity contribution < 1.29 is 9.53 Å². The number of ether oxygens (including phenoxy) is 1. The van der Waals surface area contributed by atoms with E-state index in [4.69, 9.17) is 4.74 Å². The van der Waals surface area contributed by atoms with Crippen molar-refractivity contribution in [3.8, 4) is 5.75 Å². The monoisotopic (exact) mass is 292 g/mol. The number of carbonyl (C=O) groups excluding carboxylic acids is 1. The Labute approximate surface area is 130 Å². The molecule has 2 aromatic rings. The minimum absolute atomic E-state index is 0.672. The summed E-state index contributed by atoms with van der Waals surface area (Å²) in [5.74, 6) is 3.04. The summed E-state index contributed by atoms with van der Waals surface area (Å²) in [4.78, 5) is 11.5. The van der Waals surface area contributed by atoms with E-state index in [1.807, 2.05) is 36.4 Å². The van der Waals surface area contributed by atoms with Crippen molar-refractivity contribution in [1.82, 2.24) is 0 Å². The molecule has 3 atom stereocenters. The van der Waals surface area contributed by atoms with Crippen LogP contribution in [0.2, 0.25) is 0 Å². The minimum atomic E-state index is 0.672. The molecule has 0 N–H and O–H groups in total. The zero-order chi connectivity index (χ0) is 14.9. The summed E-state index contributed by atoms with van der Waals surface area (Å²) in [7, 11) is 0. The second-order valence-electron chi connectivity index (χ2n) is 6.49. The van der Waals surface area contributed by atoms with E-state index in [9.17, 15) is 4.79 Å². The van der Waals surface area contributed by atoms with Gasteiger partial charge in [-0.15, -0.1) is 0 Å². The minimum Gasteiger partial charge on any atom is -0.493 e. The van der Waals surface area contributed by atoms with Gasteiger partial charge in [0, 0.05) is 0 Å². The number of carbonyl (C=O) groups is 1. The Bertz CT molecular complexity index is 732. The predicted molar refractivity (Wildman–Crippen MR) is 88.3 cm³/mol. The van der Waals surface area contributed by atoms with Gasteiger partial charge in [0.15, 0.2) is 6.29 Å². The molecule has 0 spiro atoms. The highest BCUT2D eigenvalue weighted by molar-refractivity contribution is 6.00. The lowest BCUT2D eigenvalue weighted by molar-refractivity contribution is 0.112. The second-order valence-corrected chi connectivity index (χ2v) is 6.49. The molecule has 0 aromatic heterocycles. The molecule has 1 fully saturated rings. The highest BCUT2D eigenvalue weighted by Crippen LogP contribution is 2.44. The number of fused-ring (bicyclic) bond motifs is 3. The van der Waals surface area contributed by atoms with Gasteiger partial charge in [-0.05, 0) is 53.9 Å². The Morgan fingerprint density at radius 1 is 1.09 bits per heavy atom. The van der Waals surface area contributed by atoms with Crippen molar-refractivity contribution in [3.05, 3.63) is 54.1 Å².